The van der Waals surface area contributed by atoms with Gasteiger partial charge in [-0.3, -0.25) is 24.0 Å². The van der Waals surface area contributed by atoms with Crippen molar-refractivity contribution in [1.29, 1.82) is 0 Å². The summed E-state index contributed by atoms with van der Waals surface area (Å²) in [6, 6.07) is -0.672. The van der Waals surface area contributed by atoms with Crippen LogP contribution in [0.1, 0.15) is 18.9 Å². The summed E-state index contributed by atoms with van der Waals surface area (Å²) in [6.07, 6.45) is 0.542. The summed E-state index contributed by atoms with van der Waals surface area (Å²) < 4.78 is 2.64. The quantitative estimate of drug-likeness (QED) is 0.571. The summed E-state index contributed by atoms with van der Waals surface area (Å²) in [5.41, 5.74) is -0.338. The van der Waals surface area contributed by atoms with Crippen LogP contribution in [-0.4, -0.2) is 20.9 Å². The molecule has 1 aromatic heterocycles. The monoisotopic (exact) mass is 235 g/mol. The highest BCUT2D eigenvalue weighted by Crippen LogP contribution is 2.14. The fraction of sp³-hybridized carbons (Fsp3) is 0.364. The SMILES string of the molecule is C=c1c(=C)n(C2CCC(=O)NC2=O)c(=O)n1C. The number of nitrogens with one attached hydrogen (secondary N) is 1. The molecule has 0 aliphatic carbocycles. The van der Waals surface area contributed by atoms with Gasteiger partial charge in [-0.1, -0.05) is 13.2 Å². The molecule has 0 spiro atoms. The van der Waals surface area contributed by atoms with Gasteiger partial charge in [-0.2, -0.15) is 0 Å². The number of carbonyl (C=O) groups excluding carboxylic acids is 2. The summed E-state index contributed by atoms with van der Waals surface area (Å²) in [4.78, 5) is 34.6. The van der Waals surface area contributed by atoms with Crippen LogP contribution in [0.15, 0.2) is 4.79 Å². The lowest BCUT2D eigenvalue weighted by Crippen LogP contribution is -2.47. The van der Waals surface area contributed by atoms with Crippen molar-refractivity contribution in [3.63, 3.8) is 0 Å². The Morgan fingerprint density at radius 1 is 1.24 bits per heavy atom. The van der Waals surface area contributed by atoms with Gasteiger partial charge in [-0.05, 0) is 6.42 Å². The van der Waals surface area contributed by atoms with E-state index in [0.717, 1.165) is 0 Å². The number of nitrogens with zero attached hydrogens (tertiary/aromatic N) is 2. The van der Waals surface area contributed by atoms with Crippen LogP contribution in [-0.2, 0) is 16.6 Å². The Kier molecular flexibility index (Phi) is 2.49. The second-order valence-corrected chi connectivity index (χ2v) is 4.07. The number of rotatable bonds is 1. The number of amides is 2. The Hall–Kier alpha value is -2.11. The first-order chi connectivity index (χ1) is 7.93. The number of aromatic nitrogens is 2. The average molecular weight is 235 g/mol. The number of hydrogen-bond acceptors (Lipinski definition) is 3. The molecule has 1 N–H and O–H groups in total. The van der Waals surface area contributed by atoms with Crippen LogP contribution < -0.4 is 21.7 Å². The van der Waals surface area contributed by atoms with Crippen LogP contribution in [0.25, 0.3) is 13.2 Å². The van der Waals surface area contributed by atoms with E-state index in [-0.39, 0.29) is 18.0 Å². The van der Waals surface area contributed by atoms with Crippen molar-refractivity contribution in [2.75, 3.05) is 0 Å². The van der Waals surface area contributed by atoms with E-state index in [4.69, 9.17) is 0 Å². The van der Waals surface area contributed by atoms with Gasteiger partial charge < -0.3 is 0 Å². The first kappa shape index (κ1) is 11.4. The molecule has 1 atom stereocenters. The first-order valence-corrected chi connectivity index (χ1v) is 5.22. The molecule has 1 aliphatic rings. The molecular formula is C11H13N3O3. The summed E-state index contributed by atoms with van der Waals surface area (Å²) in [7, 11) is 1.57. The normalized spacial score (nSPS) is 20.4. The molecule has 2 heterocycles. The van der Waals surface area contributed by atoms with Crippen LogP contribution in [0.4, 0.5) is 0 Å². The molecule has 0 bridgehead atoms. The van der Waals surface area contributed by atoms with E-state index in [9.17, 15) is 14.4 Å². The van der Waals surface area contributed by atoms with E-state index in [1.54, 1.807) is 7.05 Å². The fourth-order valence-electron chi connectivity index (χ4n) is 1.98. The maximum atomic E-state index is 11.9. The predicted octanol–water partition coefficient (Wildman–Crippen LogP) is -2.01. The minimum Gasteiger partial charge on any atom is -0.296 e. The maximum absolute atomic E-state index is 11.9. The number of imide groups is 1. The Balaban J connectivity index is 2.56. The van der Waals surface area contributed by atoms with Gasteiger partial charge in [-0.15, -0.1) is 0 Å². The molecule has 17 heavy (non-hydrogen) atoms. The molecule has 1 saturated heterocycles. The van der Waals surface area contributed by atoms with Crippen molar-refractivity contribution in [3.8, 4) is 0 Å². The third-order valence-corrected chi connectivity index (χ3v) is 3.04. The molecular weight excluding hydrogens is 222 g/mol. The number of carbonyl (C=O) groups is 2. The van der Waals surface area contributed by atoms with E-state index in [1.807, 2.05) is 0 Å². The summed E-state index contributed by atoms with van der Waals surface area (Å²) in [5, 5.41) is 3.10. The predicted molar refractivity (Wildman–Crippen MR) is 61.4 cm³/mol. The Bertz CT molecular complexity index is 653. The first-order valence-electron chi connectivity index (χ1n) is 5.22. The van der Waals surface area contributed by atoms with Gasteiger partial charge in [0.25, 0.3) is 0 Å². The lowest BCUT2D eigenvalue weighted by atomic mass is 10.1. The Labute approximate surface area is 96.8 Å². The van der Waals surface area contributed by atoms with Crippen molar-refractivity contribution < 1.29 is 9.59 Å². The summed E-state index contributed by atoms with van der Waals surface area (Å²) in [5.74, 6) is -0.769. The van der Waals surface area contributed by atoms with Crippen LogP contribution in [0.2, 0.25) is 0 Å². The van der Waals surface area contributed by atoms with E-state index in [2.05, 4.69) is 18.5 Å². The highest BCUT2D eigenvalue weighted by Gasteiger charge is 2.29. The molecule has 6 heteroatoms. The number of hydrogen-bond donors (Lipinski definition) is 1. The van der Waals surface area contributed by atoms with Crippen LogP contribution in [0.5, 0.6) is 0 Å². The summed E-state index contributed by atoms with van der Waals surface area (Å²) in [6.45, 7) is 7.46. The molecule has 2 rings (SSSR count). The van der Waals surface area contributed by atoms with Gasteiger partial charge in [-0.25, -0.2) is 4.79 Å². The molecule has 0 aromatic carbocycles. The zero-order valence-corrected chi connectivity index (χ0v) is 9.52. The van der Waals surface area contributed by atoms with Crippen LogP contribution in [0, 0.1) is 0 Å². The third-order valence-electron chi connectivity index (χ3n) is 3.04. The van der Waals surface area contributed by atoms with Crippen molar-refractivity contribution in [1.82, 2.24) is 14.5 Å². The zero-order chi connectivity index (χ0) is 12.7. The van der Waals surface area contributed by atoms with E-state index in [0.29, 0.717) is 17.1 Å². The zero-order valence-electron chi connectivity index (χ0n) is 9.52. The molecule has 0 saturated carbocycles. The summed E-state index contributed by atoms with van der Waals surface area (Å²) >= 11 is 0. The minimum atomic E-state index is -0.672. The molecule has 1 aromatic rings. The highest BCUT2D eigenvalue weighted by atomic mass is 16.2. The molecule has 2 amide bonds. The second-order valence-electron chi connectivity index (χ2n) is 4.07. The highest BCUT2D eigenvalue weighted by molar-refractivity contribution is 5.99. The van der Waals surface area contributed by atoms with Crippen molar-refractivity contribution in [3.05, 3.63) is 21.2 Å². The molecule has 1 aliphatic heterocycles. The van der Waals surface area contributed by atoms with E-state index < -0.39 is 11.9 Å². The lowest BCUT2D eigenvalue weighted by Gasteiger charge is -2.21. The average Bonchev–Trinajstić information content (AvgIpc) is 2.45. The van der Waals surface area contributed by atoms with E-state index in [1.165, 1.54) is 9.13 Å². The fourth-order valence-corrected chi connectivity index (χ4v) is 1.98. The van der Waals surface area contributed by atoms with Gasteiger partial charge in [0, 0.05) is 13.5 Å². The molecule has 0 radical (unpaired) electrons. The van der Waals surface area contributed by atoms with Gasteiger partial charge >= 0.3 is 5.69 Å². The molecule has 90 valence electrons. The third kappa shape index (κ3) is 1.61. The standard InChI is InChI=1S/C11H13N3O3/c1-6-7(2)14(11(17)13(6)3)8-4-5-9(15)12-10(8)16/h8H,1-2,4-5H2,3H3,(H,12,15,16). The van der Waals surface area contributed by atoms with Gasteiger partial charge in [0.1, 0.15) is 6.04 Å². The van der Waals surface area contributed by atoms with Gasteiger partial charge in [0.2, 0.25) is 11.8 Å². The number of imidazole rings is 1. The Morgan fingerprint density at radius 2 is 1.88 bits per heavy atom. The smallest absolute Gasteiger partial charge is 0.296 e. The Morgan fingerprint density at radius 3 is 2.35 bits per heavy atom. The minimum absolute atomic E-state index is 0.226. The van der Waals surface area contributed by atoms with Crippen LogP contribution >= 0.6 is 0 Å². The van der Waals surface area contributed by atoms with Crippen LogP contribution in [0.3, 0.4) is 0 Å². The topological polar surface area (TPSA) is 73.1 Å². The lowest BCUT2D eigenvalue weighted by molar-refractivity contribution is -0.135. The molecule has 1 fully saturated rings. The van der Waals surface area contributed by atoms with Crippen molar-refractivity contribution in [2.24, 2.45) is 7.05 Å². The van der Waals surface area contributed by atoms with Crippen molar-refractivity contribution >= 4 is 25.0 Å². The molecule has 6 nitrogen and oxygen atoms in total. The van der Waals surface area contributed by atoms with Gasteiger partial charge in [0.05, 0.1) is 10.7 Å². The van der Waals surface area contributed by atoms with E-state index >= 15 is 0 Å². The van der Waals surface area contributed by atoms with Crippen molar-refractivity contribution in [2.45, 2.75) is 18.9 Å². The largest absolute Gasteiger partial charge is 0.329 e. The van der Waals surface area contributed by atoms with Gasteiger partial charge in [0.15, 0.2) is 0 Å². The number of piperidine rings is 1. The molecule has 1 unspecified atom stereocenters. The second kappa shape index (κ2) is 3.73. The maximum Gasteiger partial charge on any atom is 0.329 e.